The van der Waals surface area contributed by atoms with Crippen molar-refractivity contribution in [3.63, 3.8) is 0 Å². The molecule has 0 spiro atoms. The second-order valence-electron chi connectivity index (χ2n) is 6.50. The second-order valence-corrected chi connectivity index (χ2v) is 6.50. The molecule has 140 valence electrons. The smallest absolute Gasteiger partial charge is 0.244 e. The number of rotatable bonds is 5. The third-order valence-electron chi connectivity index (χ3n) is 4.83. The third kappa shape index (κ3) is 4.31. The Hall–Kier alpha value is -2.18. The molecule has 6 nitrogen and oxygen atoms in total. The Morgan fingerprint density at radius 1 is 1.19 bits per heavy atom. The number of piperidine rings is 1. The van der Waals surface area contributed by atoms with Crippen LogP contribution in [0, 0.1) is 5.92 Å². The highest BCUT2D eigenvalue weighted by Crippen LogP contribution is 2.24. The largest absolute Gasteiger partial charge is 0.341 e. The van der Waals surface area contributed by atoms with Crippen LogP contribution >= 0.6 is 12.4 Å². The van der Waals surface area contributed by atoms with Crippen molar-refractivity contribution >= 4 is 24.1 Å². The number of hydrogen-bond donors (Lipinski definition) is 1. The lowest BCUT2D eigenvalue weighted by molar-refractivity contribution is -0.134. The number of halogens is 1. The lowest BCUT2D eigenvalue weighted by Gasteiger charge is -2.33. The van der Waals surface area contributed by atoms with Crippen LogP contribution in [0.1, 0.15) is 34.8 Å². The first-order valence-electron chi connectivity index (χ1n) is 8.64. The molecule has 1 aromatic heterocycles. The Kier molecular flexibility index (Phi) is 6.94. The number of Topliss-reactive ketones (excluding diaryl/α,β-unsaturated/α-hetero) is 1. The number of nitrogens with zero attached hydrogens (tertiary/aromatic N) is 3. The van der Waals surface area contributed by atoms with E-state index in [1.165, 1.54) is 0 Å². The number of hydrogen-bond acceptors (Lipinski definition) is 4. The SMILES string of the molecule is CNC(C(=O)N1CCC(C(=O)c2ccccc2)CC1)c1cnn(C)c1.Cl. The number of benzene rings is 1. The van der Waals surface area contributed by atoms with E-state index in [1.807, 2.05) is 48.5 Å². The van der Waals surface area contributed by atoms with Crippen LogP contribution in [0.4, 0.5) is 0 Å². The van der Waals surface area contributed by atoms with Crippen molar-refractivity contribution in [1.82, 2.24) is 20.0 Å². The fourth-order valence-corrected chi connectivity index (χ4v) is 3.40. The van der Waals surface area contributed by atoms with E-state index in [-0.39, 0.29) is 30.0 Å². The first-order chi connectivity index (χ1) is 12.1. The Morgan fingerprint density at radius 2 is 1.85 bits per heavy atom. The van der Waals surface area contributed by atoms with Crippen LogP contribution in [-0.4, -0.2) is 46.5 Å². The second kappa shape index (κ2) is 8.96. The van der Waals surface area contributed by atoms with Crippen molar-refractivity contribution in [3.8, 4) is 0 Å². The van der Waals surface area contributed by atoms with Gasteiger partial charge in [-0.15, -0.1) is 12.4 Å². The van der Waals surface area contributed by atoms with Gasteiger partial charge in [0.05, 0.1) is 6.20 Å². The van der Waals surface area contributed by atoms with E-state index in [9.17, 15) is 9.59 Å². The molecule has 1 fully saturated rings. The average molecular weight is 377 g/mol. The number of carbonyl (C=O) groups is 2. The van der Waals surface area contributed by atoms with E-state index in [1.54, 1.807) is 17.9 Å². The molecule has 2 heterocycles. The monoisotopic (exact) mass is 376 g/mol. The van der Waals surface area contributed by atoms with Gasteiger partial charge in [0.2, 0.25) is 5.91 Å². The van der Waals surface area contributed by atoms with E-state index in [2.05, 4.69) is 10.4 Å². The van der Waals surface area contributed by atoms with Gasteiger partial charge in [0.15, 0.2) is 5.78 Å². The summed E-state index contributed by atoms with van der Waals surface area (Å²) >= 11 is 0. The standard InChI is InChI=1S/C19H24N4O2.ClH/c1-20-17(16-12-21-22(2)13-16)19(25)23-10-8-15(9-11-23)18(24)14-6-4-3-5-7-14;/h3-7,12-13,15,17,20H,8-11H2,1-2H3;1H. The van der Waals surface area contributed by atoms with Gasteiger partial charge in [-0.1, -0.05) is 30.3 Å². The number of likely N-dealkylation sites (N-methyl/N-ethyl adjacent to an activating group) is 1. The Morgan fingerprint density at radius 3 is 2.38 bits per heavy atom. The molecule has 1 saturated heterocycles. The quantitative estimate of drug-likeness (QED) is 0.812. The predicted octanol–water partition coefficient (Wildman–Crippen LogP) is 2.22. The molecule has 1 aliphatic rings. The topological polar surface area (TPSA) is 67.2 Å². The van der Waals surface area contributed by atoms with Crippen molar-refractivity contribution in [2.24, 2.45) is 13.0 Å². The van der Waals surface area contributed by atoms with Gasteiger partial charge < -0.3 is 10.2 Å². The maximum atomic E-state index is 12.8. The van der Waals surface area contributed by atoms with Crippen LogP contribution in [0.3, 0.4) is 0 Å². The molecule has 1 amide bonds. The van der Waals surface area contributed by atoms with Gasteiger partial charge in [0, 0.05) is 43.4 Å². The van der Waals surface area contributed by atoms with Gasteiger partial charge in [-0.2, -0.15) is 5.10 Å². The normalized spacial score (nSPS) is 16.0. The van der Waals surface area contributed by atoms with E-state index >= 15 is 0 Å². The van der Waals surface area contributed by atoms with Crippen molar-refractivity contribution in [3.05, 3.63) is 53.9 Å². The number of ketones is 1. The molecule has 3 rings (SSSR count). The number of nitrogens with one attached hydrogen (secondary N) is 1. The van der Waals surface area contributed by atoms with Crippen molar-refractivity contribution in [1.29, 1.82) is 0 Å². The Bertz CT molecular complexity index is 739. The van der Waals surface area contributed by atoms with Gasteiger partial charge in [-0.3, -0.25) is 14.3 Å². The summed E-state index contributed by atoms with van der Waals surface area (Å²) < 4.78 is 1.69. The third-order valence-corrected chi connectivity index (χ3v) is 4.83. The summed E-state index contributed by atoms with van der Waals surface area (Å²) in [6, 6.07) is 9.01. The highest BCUT2D eigenvalue weighted by Gasteiger charge is 2.31. The summed E-state index contributed by atoms with van der Waals surface area (Å²) in [5, 5.41) is 7.22. The summed E-state index contributed by atoms with van der Waals surface area (Å²) in [6.07, 6.45) is 4.99. The van der Waals surface area contributed by atoms with Crippen molar-refractivity contribution in [2.75, 3.05) is 20.1 Å². The number of likely N-dealkylation sites (tertiary alicyclic amines) is 1. The van der Waals surface area contributed by atoms with Gasteiger partial charge in [0.25, 0.3) is 0 Å². The van der Waals surface area contributed by atoms with Crippen LogP contribution in [0.5, 0.6) is 0 Å². The fourth-order valence-electron chi connectivity index (χ4n) is 3.40. The minimum Gasteiger partial charge on any atom is -0.341 e. The molecule has 7 heteroatoms. The molecule has 0 radical (unpaired) electrons. The zero-order valence-corrected chi connectivity index (χ0v) is 15.9. The lowest BCUT2D eigenvalue weighted by atomic mass is 9.88. The van der Waals surface area contributed by atoms with Crippen molar-refractivity contribution < 1.29 is 9.59 Å². The molecule has 1 atom stereocenters. The summed E-state index contributed by atoms with van der Waals surface area (Å²) in [5.74, 6) is 0.226. The fraction of sp³-hybridized carbons (Fsp3) is 0.421. The summed E-state index contributed by atoms with van der Waals surface area (Å²) in [7, 11) is 3.61. The van der Waals surface area contributed by atoms with E-state index in [0.717, 1.165) is 11.1 Å². The van der Waals surface area contributed by atoms with Crippen LogP contribution in [0.25, 0.3) is 0 Å². The van der Waals surface area contributed by atoms with Crippen LogP contribution < -0.4 is 5.32 Å². The Balaban J connectivity index is 0.00000243. The zero-order valence-electron chi connectivity index (χ0n) is 15.1. The molecule has 2 aromatic rings. The number of amides is 1. The molecule has 0 bridgehead atoms. The van der Waals surface area contributed by atoms with Gasteiger partial charge in [-0.05, 0) is 19.9 Å². The van der Waals surface area contributed by atoms with Gasteiger partial charge >= 0.3 is 0 Å². The van der Waals surface area contributed by atoms with E-state index in [4.69, 9.17) is 0 Å². The van der Waals surface area contributed by atoms with E-state index < -0.39 is 6.04 Å². The minimum absolute atomic E-state index is 0. The number of aryl methyl sites for hydroxylation is 1. The maximum Gasteiger partial charge on any atom is 0.244 e. The molecular formula is C19H25ClN4O2. The Labute approximate surface area is 160 Å². The predicted molar refractivity (Wildman–Crippen MR) is 102 cm³/mol. The highest BCUT2D eigenvalue weighted by atomic mass is 35.5. The van der Waals surface area contributed by atoms with Gasteiger partial charge in [0.1, 0.15) is 6.04 Å². The highest BCUT2D eigenvalue weighted by molar-refractivity contribution is 5.98. The van der Waals surface area contributed by atoms with Crippen molar-refractivity contribution in [2.45, 2.75) is 18.9 Å². The summed E-state index contributed by atoms with van der Waals surface area (Å²) in [6.45, 7) is 1.22. The first-order valence-corrected chi connectivity index (χ1v) is 8.64. The molecule has 0 saturated carbocycles. The van der Waals surface area contributed by atoms with Crippen LogP contribution in [0.2, 0.25) is 0 Å². The maximum absolute atomic E-state index is 12.8. The zero-order chi connectivity index (χ0) is 17.8. The minimum atomic E-state index is -0.393. The molecule has 1 aliphatic heterocycles. The summed E-state index contributed by atoms with van der Waals surface area (Å²) in [4.78, 5) is 27.2. The van der Waals surface area contributed by atoms with Gasteiger partial charge in [-0.25, -0.2) is 0 Å². The molecule has 1 aromatic carbocycles. The first kappa shape index (κ1) is 20.1. The number of carbonyl (C=O) groups excluding carboxylic acids is 2. The number of aromatic nitrogens is 2. The average Bonchev–Trinajstić information content (AvgIpc) is 3.08. The lowest BCUT2D eigenvalue weighted by Crippen LogP contribution is -2.45. The van der Waals surface area contributed by atoms with Crippen LogP contribution in [0.15, 0.2) is 42.7 Å². The summed E-state index contributed by atoms with van der Waals surface area (Å²) in [5.41, 5.74) is 1.62. The molecule has 1 unspecified atom stereocenters. The molecule has 1 N–H and O–H groups in total. The molecule has 0 aliphatic carbocycles. The van der Waals surface area contributed by atoms with Crippen LogP contribution in [-0.2, 0) is 11.8 Å². The molecular weight excluding hydrogens is 352 g/mol. The van der Waals surface area contributed by atoms with E-state index in [0.29, 0.717) is 25.9 Å². The molecule has 26 heavy (non-hydrogen) atoms.